The van der Waals surface area contributed by atoms with Gasteiger partial charge in [-0.15, -0.1) is 0 Å². The highest BCUT2D eigenvalue weighted by atomic mass is 19.2. The van der Waals surface area contributed by atoms with Crippen molar-refractivity contribution < 1.29 is 65.9 Å². The number of allylic oxidation sites excluding steroid dienone is 8. The molecule has 0 unspecified atom stereocenters. The van der Waals surface area contributed by atoms with Crippen LogP contribution in [0.1, 0.15) is 28.1 Å². The fraction of sp³-hybridized carbons (Fsp3) is 0. The summed E-state index contributed by atoms with van der Waals surface area (Å²) in [7, 11) is 0. The number of H-pyrrole nitrogens is 1. The number of nitrogens with zero attached hydrogens (tertiary/aromatic N) is 3. The first-order valence-corrected chi connectivity index (χ1v) is 15.3. The maximum Gasteiger partial charge on any atom is 0.200 e. The van der Waals surface area contributed by atoms with Crippen molar-refractivity contribution in [2.45, 2.75) is 0 Å². The van der Waals surface area contributed by atoms with Crippen LogP contribution in [0, 0.1) is 87.3 Å². The van der Waals surface area contributed by atoms with E-state index in [1.54, 1.807) is 0 Å². The summed E-state index contributed by atoms with van der Waals surface area (Å²) in [5, 5.41) is 0. The zero-order valence-electron chi connectivity index (χ0n) is 26.6. The number of aromatic amines is 1. The minimum Gasteiger partial charge on any atom is -0.353 e. The lowest BCUT2D eigenvalue weighted by molar-refractivity contribution is 0.376. The van der Waals surface area contributed by atoms with Gasteiger partial charge in [-0.3, -0.25) is 0 Å². The summed E-state index contributed by atoms with van der Waals surface area (Å²) in [6, 6.07) is 2.15. The van der Waals surface area contributed by atoms with Crippen LogP contribution in [0.5, 0.6) is 0 Å². The molecular weight excluding hydrogens is 785 g/mol. The van der Waals surface area contributed by atoms with Crippen molar-refractivity contribution in [3.8, 4) is 0 Å². The highest BCUT2D eigenvalue weighted by Gasteiger charge is 2.37. The molecule has 0 fully saturated rings. The van der Waals surface area contributed by atoms with Crippen molar-refractivity contribution in [1.82, 2.24) is 4.98 Å². The molecule has 0 radical (unpaired) electrons. The Morgan fingerprint density at radius 3 is 0.929 bits per heavy atom. The molecule has 0 aliphatic carbocycles. The Balaban J connectivity index is 1.54. The molecule has 8 rings (SSSR count). The van der Waals surface area contributed by atoms with Crippen LogP contribution in [0.3, 0.4) is 0 Å². The van der Waals surface area contributed by atoms with Crippen LogP contribution in [-0.4, -0.2) is 22.1 Å². The summed E-state index contributed by atoms with van der Waals surface area (Å²) in [4.78, 5) is 14.8. The Bertz CT molecular complexity index is 2760. The zero-order chi connectivity index (χ0) is 40.2. The van der Waals surface area contributed by atoms with Gasteiger partial charge in [0.15, 0.2) is 69.8 Å². The van der Waals surface area contributed by atoms with Crippen molar-refractivity contribution in [1.29, 1.82) is 0 Å². The summed E-state index contributed by atoms with van der Waals surface area (Å²) in [5.74, 6) is -36.8. The molecule has 5 heterocycles. The Morgan fingerprint density at radius 1 is 0.286 bits per heavy atom. The maximum atomic E-state index is 15.5. The molecule has 282 valence electrons. The summed E-state index contributed by atoms with van der Waals surface area (Å²) >= 11 is 0. The summed E-state index contributed by atoms with van der Waals surface area (Å²) < 4.78 is 223. The molecule has 0 amide bonds. The molecule has 1 N–H and O–H groups in total. The van der Waals surface area contributed by atoms with E-state index in [0.717, 1.165) is 48.6 Å². The van der Waals surface area contributed by atoms with E-state index in [4.69, 9.17) is 0 Å². The second kappa shape index (κ2) is 12.7. The van der Waals surface area contributed by atoms with E-state index in [1.807, 2.05) is 0 Å². The first-order valence-electron chi connectivity index (χ1n) is 15.3. The van der Waals surface area contributed by atoms with Gasteiger partial charge in [0.05, 0.1) is 56.6 Å². The van der Waals surface area contributed by atoms with E-state index in [-0.39, 0.29) is 11.4 Å². The van der Waals surface area contributed by atoms with Gasteiger partial charge in [0.25, 0.3) is 0 Å². The number of aromatic nitrogens is 1. The number of hydrogen-bond acceptors (Lipinski definition) is 3. The van der Waals surface area contributed by atoms with Gasteiger partial charge in [-0.1, -0.05) is 0 Å². The molecule has 4 nitrogen and oxygen atoms in total. The lowest BCUT2D eigenvalue weighted by atomic mass is 9.96. The van der Waals surface area contributed by atoms with E-state index < -0.39 is 155 Å². The Morgan fingerprint density at radius 2 is 0.554 bits per heavy atom. The van der Waals surface area contributed by atoms with Gasteiger partial charge in [0, 0.05) is 22.4 Å². The number of fused-ring (bicyclic) bond motifs is 6. The van der Waals surface area contributed by atoms with E-state index in [9.17, 15) is 39.5 Å². The Labute approximate surface area is 300 Å². The van der Waals surface area contributed by atoms with Crippen LogP contribution < -0.4 is 0 Å². The van der Waals surface area contributed by atoms with Gasteiger partial charge in [-0.05, 0) is 48.6 Å². The number of rotatable bonds is 3. The molecule has 4 aliphatic heterocycles. The number of benzene rings is 3. The van der Waals surface area contributed by atoms with Crippen molar-refractivity contribution in [2.75, 3.05) is 0 Å². The standard InChI is InChI=1S/C37H9F15N4/c38-23-20(24(39)30(45)35(50)29(23)44)17-11-3-1-9(53-11)10-2-4-12(54-10)18(21-25(40)31(46)36(51)32(47)26(21)41)14-6-8-16(56-14)19(15-7-5-13(17)55-15)22-27(42)33(48)37(52)34(49)28(22)43/h1-8,53H. The van der Waals surface area contributed by atoms with Crippen molar-refractivity contribution in [2.24, 2.45) is 15.0 Å². The molecule has 19 heteroatoms. The zero-order valence-corrected chi connectivity index (χ0v) is 26.6. The average molecular weight is 794 g/mol. The third kappa shape index (κ3) is 5.09. The number of aliphatic imine (C=N–C) groups is 3. The van der Waals surface area contributed by atoms with Gasteiger partial charge >= 0.3 is 0 Å². The first-order chi connectivity index (χ1) is 26.5. The molecule has 1 aromatic heterocycles. The van der Waals surface area contributed by atoms with E-state index in [1.165, 1.54) is 0 Å². The molecule has 0 saturated heterocycles. The smallest absolute Gasteiger partial charge is 0.200 e. The van der Waals surface area contributed by atoms with Gasteiger partial charge in [-0.25, -0.2) is 80.8 Å². The molecule has 4 aromatic rings. The quantitative estimate of drug-likeness (QED) is 0.122. The molecule has 4 aliphatic rings. The maximum absolute atomic E-state index is 15.5. The summed E-state index contributed by atoms with van der Waals surface area (Å²) in [6.45, 7) is 0. The average Bonchev–Trinajstić information content (AvgIpc) is 4.03. The molecule has 3 aromatic carbocycles. The third-order valence-corrected chi connectivity index (χ3v) is 8.81. The molecule has 0 atom stereocenters. The molecule has 8 bridgehead atoms. The molecular formula is C37H9F15N4. The largest absolute Gasteiger partial charge is 0.353 e. The normalized spacial score (nSPS) is 16.0. The molecule has 56 heavy (non-hydrogen) atoms. The number of hydrogen-bond donors (Lipinski definition) is 1. The van der Waals surface area contributed by atoms with E-state index >= 15 is 26.3 Å². The molecule has 0 spiro atoms. The highest BCUT2D eigenvalue weighted by molar-refractivity contribution is 6.36. The monoisotopic (exact) mass is 794 g/mol. The predicted octanol–water partition coefficient (Wildman–Crippen LogP) is 10.1. The van der Waals surface area contributed by atoms with E-state index in [0.29, 0.717) is 0 Å². The summed E-state index contributed by atoms with van der Waals surface area (Å²) in [6.07, 6.45) is 5.25. The summed E-state index contributed by atoms with van der Waals surface area (Å²) in [5.41, 5.74) is -12.5. The SMILES string of the molecule is Fc1c(F)c(F)c(C2=C3C=CC(=N3)C(c3c(F)c(F)c(F)c(F)c3F)=C3C=CC(=N3)c3ccc([nH]3)C(c3c(F)c(F)c(F)c(F)c3F)=C3C=CC2=N3)c(F)c1F. The van der Waals surface area contributed by atoms with Crippen molar-refractivity contribution in [3.63, 3.8) is 0 Å². The second-order valence-corrected chi connectivity index (χ2v) is 11.9. The number of halogens is 15. The van der Waals surface area contributed by atoms with Gasteiger partial charge < -0.3 is 4.98 Å². The molecule has 0 saturated carbocycles. The number of nitrogens with one attached hydrogen (secondary N) is 1. The fourth-order valence-corrected chi connectivity index (χ4v) is 6.27. The minimum atomic E-state index is -2.61. The minimum absolute atomic E-state index is 0.143. The lowest BCUT2D eigenvalue weighted by Crippen LogP contribution is -2.12. The topological polar surface area (TPSA) is 52.9 Å². The van der Waals surface area contributed by atoms with Crippen LogP contribution >= 0.6 is 0 Å². The van der Waals surface area contributed by atoms with Crippen LogP contribution in [-0.2, 0) is 0 Å². The van der Waals surface area contributed by atoms with E-state index in [2.05, 4.69) is 20.0 Å². The second-order valence-electron chi connectivity index (χ2n) is 11.9. The van der Waals surface area contributed by atoms with Crippen molar-refractivity contribution >= 4 is 33.9 Å². The van der Waals surface area contributed by atoms with Gasteiger partial charge in [0.1, 0.15) is 0 Å². The fourth-order valence-electron chi connectivity index (χ4n) is 6.27. The van der Waals surface area contributed by atoms with Gasteiger partial charge in [-0.2, -0.15) is 0 Å². The predicted molar refractivity (Wildman–Crippen MR) is 168 cm³/mol. The Hall–Kier alpha value is -6.66. The Kier molecular flexibility index (Phi) is 8.24. The first kappa shape index (κ1) is 36.3. The third-order valence-electron chi connectivity index (χ3n) is 8.81. The van der Waals surface area contributed by atoms with Crippen LogP contribution in [0.15, 0.2) is 80.7 Å². The highest BCUT2D eigenvalue weighted by Crippen LogP contribution is 2.42. The van der Waals surface area contributed by atoms with Crippen LogP contribution in [0.25, 0.3) is 16.7 Å². The lowest BCUT2D eigenvalue weighted by Gasteiger charge is -2.14. The van der Waals surface area contributed by atoms with Crippen molar-refractivity contribution in [3.05, 3.63) is 181 Å². The van der Waals surface area contributed by atoms with Crippen LogP contribution in [0.4, 0.5) is 65.9 Å². The van der Waals surface area contributed by atoms with Crippen LogP contribution in [0.2, 0.25) is 0 Å². The van der Waals surface area contributed by atoms with Gasteiger partial charge in [0.2, 0.25) is 17.5 Å².